The van der Waals surface area contributed by atoms with Gasteiger partial charge in [-0.15, -0.1) is 0 Å². The molecule has 4 nitrogen and oxygen atoms in total. The lowest BCUT2D eigenvalue weighted by molar-refractivity contribution is 0.256. The van der Waals surface area contributed by atoms with E-state index in [0.717, 1.165) is 42.4 Å². The lowest BCUT2D eigenvalue weighted by Gasteiger charge is -2.20. The molecule has 0 bridgehead atoms. The van der Waals surface area contributed by atoms with Crippen molar-refractivity contribution in [3.63, 3.8) is 0 Å². The number of nitrogens with zero attached hydrogens (tertiary/aromatic N) is 1. The van der Waals surface area contributed by atoms with Crippen molar-refractivity contribution >= 4 is 5.84 Å². The van der Waals surface area contributed by atoms with Crippen molar-refractivity contribution in [3.05, 3.63) is 23.8 Å². The van der Waals surface area contributed by atoms with E-state index < -0.39 is 0 Å². The van der Waals surface area contributed by atoms with Gasteiger partial charge in [0.25, 0.3) is 0 Å². The van der Waals surface area contributed by atoms with Crippen molar-refractivity contribution in [2.45, 2.75) is 20.3 Å². The Morgan fingerprint density at radius 3 is 2.84 bits per heavy atom. The van der Waals surface area contributed by atoms with E-state index in [-0.39, 0.29) is 0 Å². The van der Waals surface area contributed by atoms with Crippen LogP contribution in [0.15, 0.2) is 23.2 Å². The highest BCUT2D eigenvalue weighted by molar-refractivity contribution is 6.02. The highest BCUT2D eigenvalue weighted by atomic mass is 16.5. The second-order valence-electron chi connectivity index (χ2n) is 5.05. The van der Waals surface area contributed by atoms with Gasteiger partial charge in [-0.05, 0) is 24.5 Å². The van der Waals surface area contributed by atoms with Gasteiger partial charge < -0.3 is 14.8 Å². The van der Waals surface area contributed by atoms with Crippen LogP contribution in [0.3, 0.4) is 0 Å². The Kier molecular flexibility index (Phi) is 4.66. The molecule has 0 aliphatic carbocycles. The molecule has 0 spiro atoms. The maximum Gasteiger partial charge on any atom is 0.172 e. The molecule has 0 aromatic heterocycles. The molecule has 104 valence electrons. The average molecular weight is 262 g/mol. The number of methoxy groups -OCH3 is 1. The van der Waals surface area contributed by atoms with Gasteiger partial charge in [0.15, 0.2) is 11.5 Å². The summed E-state index contributed by atoms with van der Waals surface area (Å²) in [4.78, 5) is 4.53. The van der Waals surface area contributed by atoms with Crippen LogP contribution in [-0.4, -0.2) is 32.6 Å². The molecule has 1 aliphatic heterocycles. The zero-order valence-electron chi connectivity index (χ0n) is 11.9. The second-order valence-corrected chi connectivity index (χ2v) is 5.05. The van der Waals surface area contributed by atoms with Gasteiger partial charge in [0.1, 0.15) is 5.84 Å². The predicted molar refractivity (Wildman–Crippen MR) is 77.4 cm³/mol. The molecule has 1 heterocycles. The van der Waals surface area contributed by atoms with Crippen LogP contribution in [0.5, 0.6) is 11.5 Å². The number of amidine groups is 1. The van der Waals surface area contributed by atoms with Gasteiger partial charge in [-0.1, -0.05) is 19.9 Å². The molecule has 1 aromatic rings. The number of nitrogens with one attached hydrogen (secondary N) is 1. The lowest BCUT2D eigenvalue weighted by atomic mass is 10.1. The van der Waals surface area contributed by atoms with Crippen molar-refractivity contribution in [1.82, 2.24) is 5.32 Å². The SMILES string of the molecule is COc1cccc(C2=NCCCN2)c1OCC(C)C. The van der Waals surface area contributed by atoms with E-state index in [9.17, 15) is 0 Å². The van der Waals surface area contributed by atoms with E-state index in [2.05, 4.69) is 24.2 Å². The number of aliphatic imine (C=N–C) groups is 1. The molecule has 4 heteroatoms. The summed E-state index contributed by atoms with van der Waals surface area (Å²) in [7, 11) is 1.66. The summed E-state index contributed by atoms with van der Waals surface area (Å²) in [5.74, 6) is 2.92. The number of rotatable bonds is 5. The first-order chi connectivity index (χ1) is 9.22. The fourth-order valence-corrected chi connectivity index (χ4v) is 1.97. The maximum absolute atomic E-state index is 5.93. The normalized spacial score (nSPS) is 14.8. The summed E-state index contributed by atoms with van der Waals surface area (Å²) in [5, 5.41) is 3.33. The minimum Gasteiger partial charge on any atom is -0.493 e. The molecule has 0 amide bonds. The monoisotopic (exact) mass is 262 g/mol. The Balaban J connectivity index is 2.32. The van der Waals surface area contributed by atoms with Crippen LogP contribution in [0.1, 0.15) is 25.8 Å². The Morgan fingerprint density at radius 2 is 2.21 bits per heavy atom. The quantitative estimate of drug-likeness (QED) is 0.886. The predicted octanol–water partition coefficient (Wildman–Crippen LogP) is 2.47. The summed E-state index contributed by atoms with van der Waals surface area (Å²) < 4.78 is 11.3. The Labute approximate surface area is 114 Å². The van der Waals surface area contributed by atoms with Crippen LogP contribution in [0, 0.1) is 5.92 Å². The molecule has 2 rings (SSSR count). The maximum atomic E-state index is 5.93. The molecule has 0 radical (unpaired) electrons. The van der Waals surface area contributed by atoms with Crippen LogP contribution in [0.4, 0.5) is 0 Å². The number of ether oxygens (including phenoxy) is 2. The lowest BCUT2D eigenvalue weighted by Crippen LogP contribution is -2.30. The topological polar surface area (TPSA) is 42.8 Å². The highest BCUT2D eigenvalue weighted by Gasteiger charge is 2.17. The number of hydrogen-bond acceptors (Lipinski definition) is 4. The van der Waals surface area contributed by atoms with Crippen molar-refractivity contribution in [2.75, 3.05) is 26.8 Å². The minimum atomic E-state index is 0.471. The molecule has 0 unspecified atom stereocenters. The zero-order valence-corrected chi connectivity index (χ0v) is 11.9. The molecular formula is C15H22N2O2. The van der Waals surface area contributed by atoms with E-state index in [4.69, 9.17) is 9.47 Å². The summed E-state index contributed by atoms with van der Waals surface area (Å²) >= 11 is 0. The third-order valence-electron chi connectivity index (χ3n) is 2.91. The third kappa shape index (κ3) is 3.40. The molecule has 0 fully saturated rings. The molecule has 19 heavy (non-hydrogen) atoms. The molecule has 1 aliphatic rings. The van der Waals surface area contributed by atoms with Gasteiger partial charge >= 0.3 is 0 Å². The fourth-order valence-electron chi connectivity index (χ4n) is 1.97. The standard InChI is InChI=1S/C15H22N2O2/c1-11(2)10-19-14-12(6-4-7-13(14)18-3)15-16-8-5-9-17-15/h4,6-7,11H,5,8-10H2,1-3H3,(H,16,17). The van der Waals surface area contributed by atoms with Gasteiger partial charge in [0.05, 0.1) is 19.3 Å². The Morgan fingerprint density at radius 1 is 1.37 bits per heavy atom. The molecular weight excluding hydrogens is 240 g/mol. The fraction of sp³-hybridized carbons (Fsp3) is 0.533. The van der Waals surface area contributed by atoms with Gasteiger partial charge in [-0.3, -0.25) is 4.99 Å². The summed E-state index contributed by atoms with van der Waals surface area (Å²) in [6.07, 6.45) is 1.08. The number of hydrogen-bond donors (Lipinski definition) is 1. The number of benzene rings is 1. The zero-order chi connectivity index (χ0) is 13.7. The van der Waals surface area contributed by atoms with Gasteiger partial charge in [-0.25, -0.2) is 0 Å². The van der Waals surface area contributed by atoms with Crippen LogP contribution < -0.4 is 14.8 Å². The highest BCUT2D eigenvalue weighted by Crippen LogP contribution is 2.32. The average Bonchev–Trinajstić information content (AvgIpc) is 2.45. The Bertz CT molecular complexity index is 455. The smallest absolute Gasteiger partial charge is 0.172 e. The largest absolute Gasteiger partial charge is 0.493 e. The summed E-state index contributed by atoms with van der Waals surface area (Å²) in [6, 6.07) is 5.91. The van der Waals surface area contributed by atoms with Crippen molar-refractivity contribution in [2.24, 2.45) is 10.9 Å². The minimum absolute atomic E-state index is 0.471. The Hall–Kier alpha value is -1.71. The molecule has 0 atom stereocenters. The molecule has 1 aromatic carbocycles. The van der Waals surface area contributed by atoms with Gasteiger partial charge in [0.2, 0.25) is 0 Å². The van der Waals surface area contributed by atoms with Crippen LogP contribution in [-0.2, 0) is 0 Å². The van der Waals surface area contributed by atoms with Crippen LogP contribution >= 0.6 is 0 Å². The number of para-hydroxylation sites is 1. The first kappa shape index (κ1) is 13.7. The van der Waals surface area contributed by atoms with Crippen LogP contribution in [0.2, 0.25) is 0 Å². The van der Waals surface area contributed by atoms with Crippen molar-refractivity contribution in [3.8, 4) is 11.5 Å². The first-order valence-corrected chi connectivity index (χ1v) is 6.81. The van der Waals surface area contributed by atoms with E-state index in [1.165, 1.54) is 0 Å². The van der Waals surface area contributed by atoms with E-state index in [1.807, 2.05) is 18.2 Å². The third-order valence-corrected chi connectivity index (χ3v) is 2.91. The second kappa shape index (κ2) is 6.45. The van der Waals surface area contributed by atoms with E-state index in [0.29, 0.717) is 12.5 Å². The first-order valence-electron chi connectivity index (χ1n) is 6.81. The molecule has 0 saturated carbocycles. The van der Waals surface area contributed by atoms with Gasteiger partial charge in [-0.2, -0.15) is 0 Å². The van der Waals surface area contributed by atoms with Crippen molar-refractivity contribution < 1.29 is 9.47 Å². The molecule has 0 saturated heterocycles. The summed E-state index contributed by atoms with van der Waals surface area (Å²) in [5.41, 5.74) is 0.986. The van der Waals surface area contributed by atoms with Crippen molar-refractivity contribution in [1.29, 1.82) is 0 Å². The molecule has 1 N–H and O–H groups in total. The van der Waals surface area contributed by atoms with Gasteiger partial charge in [0, 0.05) is 13.1 Å². The van der Waals surface area contributed by atoms with Crippen LogP contribution in [0.25, 0.3) is 0 Å². The van der Waals surface area contributed by atoms with E-state index >= 15 is 0 Å². The van der Waals surface area contributed by atoms with E-state index in [1.54, 1.807) is 7.11 Å². The summed E-state index contributed by atoms with van der Waals surface area (Å²) in [6.45, 7) is 6.75.